The van der Waals surface area contributed by atoms with Crippen molar-refractivity contribution in [3.05, 3.63) is 0 Å². The van der Waals surface area contributed by atoms with Gasteiger partial charge in [-0.3, -0.25) is 0 Å². The highest BCUT2D eigenvalue weighted by Crippen LogP contribution is 2.41. The van der Waals surface area contributed by atoms with E-state index in [4.69, 9.17) is 0 Å². The van der Waals surface area contributed by atoms with Gasteiger partial charge in [0.05, 0.1) is 7.11 Å². The lowest BCUT2D eigenvalue weighted by atomic mass is 9.99. The average Bonchev–Trinajstić information content (AvgIpc) is 2.54. The quantitative estimate of drug-likeness (QED) is 0.834. The van der Waals surface area contributed by atoms with E-state index >= 15 is 0 Å². The summed E-state index contributed by atoms with van der Waals surface area (Å²) in [5.74, 6) is 0.0684. The van der Waals surface area contributed by atoms with Gasteiger partial charge in [0.1, 0.15) is 0 Å². The zero-order valence-electron chi connectivity index (χ0n) is 10.3. The fourth-order valence-electron chi connectivity index (χ4n) is 1.70. The number of alkyl halides is 3. The normalized spacial score (nSPS) is 24.4. The molecule has 1 aliphatic rings. The van der Waals surface area contributed by atoms with Gasteiger partial charge in [-0.05, 0) is 12.3 Å². The van der Waals surface area contributed by atoms with Crippen LogP contribution in [-0.4, -0.2) is 40.9 Å². The maximum absolute atomic E-state index is 12.8. The summed E-state index contributed by atoms with van der Waals surface area (Å²) < 4.78 is 42.7. The molecule has 1 aliphatic heterocycles. The molecule has 0 bridgehead atoms. The van der Waals surface area contributed by atoms with Gasteiger partial charge in [-0.2, -0.15) is 23.3 Å². The first-order chi connectivity index (χ1) is 8.11. The Labute approximate surface area is 102 Å². The summed E-state index contributed by atoms with van der Waals surface area (Å²) >= 11 is 0. The lowest BCUT2D eigenvalue weighted by Crippen LogP contribution is -2.56. The minimum absolute atomic E-state index is 0.0370. The van der Waals surface area contributed by atoms with Crippen LogP contribution >= 0.6 is 0 Å². The molecule has 8 heteroatoms. The van der Waals surface area contributed by atoms with E-state index in [0.29, 0.717) is 0 Å². The third kappa shape index (κ3) is 2.58. The van der Waals surface area contributed by atoms with E-state index in [9.17, 15) is 23.1 Å². The van der Waals surface area contributed by atoms with E-state index in [1.54, 1.807) is 13.8 Å². The molecule has 0 aromatic heterocycles. The number of nitrogens with zero attached hydrogens (tertiary/aromatic N) is 2. The van der Waals surface area contributed by atoms with E-state index in [2.05, 4.69) is 9.84 Å². The number of hydrazone groups is 1. The van der Waals surface area contributed by atoms with Crippen molar-refractivity contribution in [1.82, 2.24) is 5.01 Å². The highest BCUT2D eigenvalue weighted by atomic mass is 19.4. The van der Waals surface area contributed by atoms with Crippen LogP contribution < -0.4 is 0 Å². The second kappa shape index (κ2) is 4.75. The van der Waals surface area contributed by atoms with Crippen LogP contribution in [0.4, 0.5) is 18.0 Å². The molecule has 0 radical (unpaired) electrons. The van der Waals surface area contributed by atoms with Crippen molar-refractivity contribution in [2.75, 3.05) is 7.11 Å². The molecule has 0 unspecified atom stereocenters. The Kier molecular flexibility index (Phi) is 3.89. The molecular formula is C10H15F3N2O3. The Balaban J connectivity index is 3.05. The molecule has 1 heterocycles. The van der Waals surface area contributed by atoms with Crippen molar-refractivity contribution in [3.8, 4) is 0 Å². The molecule has 0 aromatic rings. The summed E-state index contributed by atoms with van der Waals surface area (Å²) in [6.45, 7) is 3.60. The number of halogens is 3. The molecule has 104 valence electrons. The summed E-state index contributed by atoms with van der Waals surface area (Å²) in [5.41, 5.74) is -3.19. The van der Waals surface area contributed by atoms with Crippen molar-refractivity contribution < 1.29 is 27.8 Å². The fourth-order valence-corrected chi connectivity index (χ4v) is 1.70. The summed E-state index contributed by atoms with van der Waals surface area (Å²) in [4.78, 5) is 11.2. The number of methoxy groups -OCH3 is 1. The van der Waals surface area contributed by atoms with E-state index in [0.717, 1.165) is 7.11 Å². The SMILES string of the molecule is COC(=O)N1N=C(CC(C)C)C[C@@]1(O)C(F)(F)F. The topological polar surface area (TPSA) is 62.1 Å². The largest absolute Gasteiger partial charge is 0.451 e. The smallest absolute Gasteiger partial charge is 0.439 e. The van der Waals surface area contributed by atoms with Gasteiger partial charge >= 0.3 is 12.3 Å². The first-order valence-electron chi connectivity index (χ1n) is 5.35. The number of aliphatic hydroxyl groups is 1. The third-order valence-corrected chi connectivity index (χ3v) is 2.49. The Morgan fingerprint density at radius 2 is 2.17 bits per heavy atom. The molecule has 0 aliphatic carbocycles. The molecule has 1 N–H and O–H groups in total. The highest BCUT2D eigenvalue weighted by molar-refractivity contribution is 5.89. The van der Waals surface area contributed by atoms with Crippen LogP contribution in [0.3, 0.4) is 0 Å². The molecule has 18 heavy (non-hydrogen) atoms. The maximum Gasteiger partial charge on any atom is 0.439 e. The van der Waals surface area contributed by atoms with Gasteiger partial charge in [-0.1, -0.05) is 13.8 Å². The molecule has 1 amide bonds. The van der Waals surface area contributed by atoms with Crippen molar-refractivity contribution in [3.63, 3.8) is 0 Å². The van der Waals surface area contributed by atoms with Crippen LogP contribution in [-0.2, 0) is 4.74 Å². The Morgan fingerprint density at radius 3 is 2.56 bits per heavy atom. The van der Waals surface area contributed by atoms with E-state index < -0.39 is 24.4 Å². The van der Waals surface area contributed by atoms with E-state index in [1.165, 1.54) is 0 Å². The fraction of sp³-hybridized carbons (Fsp3) is 0.800. The first kappa shape index (κ1) is 14.7. The summed E-state index contributed by atoms with van der Waals surface area (Å²) in [7, 11) is 0.926. The van der Waals surface area contributed by atoms with Gasteiger partial charge in [0.25, 0.3) is 5.72 Å². The van der Waals surface area contributed by atoms with Gasteiger partial charge in [-0.25, -0.2) is 4.79 Å². The molecule has 0 spiro atoms. The highest BCUT2D eigenvalue weighted by Gasteiger charge is 2.63. The number of carbonyl (C=O) groups is 1. The van der Waals surface area contributed by atoms with E-state index in [-0.39, 0.29) is 23.1 Å². The predicted molar refractivity (Wildman–Crippen MR) is 56.8 cm³/mol. The minimum Gasteiger partial charge on any atom is -0.451 e. The number of ether oxygens (including phenoxy) is 1. The van der Waals surface area contributed by atoms with Crippen molar-refractivity contribution in [2.45, 2.75) is 38.6 Å². The number of hydrogen-bond donors (Lipinski definition) is 1. The summed E-state index contributed by atoms with van der Waals surface area (Å²) in [5, 5.41) is 13.1. The number of carbonyl (C=O) groups excluding carboxylic acids is 1. The zero-order valence-corrected chi connectivity index (χ0v) is 10.3. The lowest BCUT2D eigenvalue weighted by Gasteiger charge is -2.31. The van der Waals surface area contributed by atoms with Crippen molar-refractivity contribution >= 4 is 11.8 Å². The molecule has 0 saturated carbocycles. The van der Waals surface area contributed by atoms with Crippen molar-refractivity contribution in [1.29, 1.82) is 0 Å². The molecular weight excluding hydrogens is 253 g/mol. The van der Waals surface area contributed by atoms with Gasteiger partial charge in [-0.15, -0.1) is 0 Å². The van der Waals surface area contributed by atoms with Crippen LogP contribution in [0.15, 0.2) is 5.10 Å². The van der Waals surface area contributed by atoms with Gasteiger partial charge in [0.2, 0.25) is 0 Å². The van der Waals surface area contributed by atoms with E-state index in [1.807, 2.05) is 0 Å². The van der Waals surface area contributed by atoms with Crippen molar-refractivity contribution in [2.24, 2.45) is 11.0 Å². The standard InChI is InChI=1S/C10H15F3N2O3/c1-6(2)4-7-5-9(17,10(11,12)13)15(14-7)8(16)18-3/h6,17H,4-5H2,1-3H3/t9-/m1/s1. The molecule has 0 aromatic carbocycles. The lowest BCUT2D eigenvalue weighted by molar-refractivity contribution is -0.299. The zero-order chi connectivity index (χ0) is 14.1. The number of amides is 1. The van der Waals surface area contributed by atoms with Crippen LogP contribution in [0.25, 0.3) is 0 Å². The van der Waals surface area contributed by atoms with Crippen LogP contribution in [0, 0.1) is 5.92 Å². The van der Waals surface area contributed by atoms with Gasteiger partial charge < -0.3 is 9.84 Å². The first-order valence-corrected chi connectivity index (χ1v) is 5.35. The predicted octanol–water partition coefficient (Wildman–Crippen LogP) is 2.11. The molecule has 1 atom stereocenters. The summed E-state index contributed by atoms with van der Waals surface area (Å²) in [6.07, 6.45) is -6.81. The average molecular weight is 268 g/mol. The molecule has 5 nitrogen and oxygen atoms in total. The third-order valence-electron chi connectivity index (χ3n) is 2.49. The minimum atomic E-state index is -5.00. The van der Waals surface area contributed by atoms with Gasteiger partial charge in [0, 0.05) is 12.1 Å². The molecule has 1 rings (SSSR count). The van der Waals surface area contributed by atoms with Crippen LogP contribution in [0.1, 0.15) is 26.7 Å². The molecule has 0 saturated heterocycles. The summed E-state index contributed by atoms with van der Waals surface area (Å²) in [6, 6.07) is 0. The monoisotopic (exact) mass is 268 g/mol. The number of hydrogen-bond acceptors (Lipinski definition) is 4. The second-order valence-corrected chi connectivity index (χ2v) is 4.54. The Bertz CT molecular complexity index is 368. The number of rotatable bonds is 2. The Hall–Kier alpha value is -1.31. The Morgan fingerprint density at radius 1 is 1.61 bits per heavy atom. The van der Waals surface area contributed by atoms with Gasteiger partial charge in [0.15, 0.2) is 0 Å². The van der Waals surface area contributed by atoms with Crippen LogP contribution in [0.2, 0.25) is 0 Å². The van der Waals surface area contributed by atoms with Crippen LogP contribution in [0.5, 0.6) is 0 Å². The molecule has 0 fully saturated rings. The maximum atomic E-state index is 12.8. The second-order valence-electron chi connectivity index (χ2n) is 4.54.